The van der Waals surface area contributed by atoms with Crippen LogP contribution in [0, 0.1) is 5.92 Å². The quantitative estimate of drug-likeness (QED) is 0.781. The van der Waals surface area contributed by atoms with Crippen LogP contribution < -0.4 is 0 Å². The molecule has 1 aromatic carbocycles. The van der Waals surface area contributed by atoms with Gasteiger partial charge in [-0.1, -0.05) is 31.2 Å². The van der Waals surface area contributed by atoms with Crippen LogP contribution >= 0.6 is 0 Å². The van der Waals surface area contributed by atoms with Gasteiger partial charge in [0.05, 0.1) is 12.5 Å². The maximum atomic E-state index is 10.7. The van der Waals surface area contributed by atoms with Crippen molar-refractivity contribution in [2.75, 3.05) is 6.54 Å². The lowest BCUT2D eigenvalue weighted by atomic mass is 10.0. The van der Waals surface area contributed by atoms with Gasteiger partial charge in [0.2, 0.25) is 0 Å². The molecule has 18 heavy (non-hydrogen) atoms. The van der Waals surface area contributed by atoms with Crippen LogP contribution in [-0.4, -0.2) is 29.6 Å². The van der Waals surface area contributed by atoms with Gasteiger partial charge < -0.3 is 5.11 Å². The van der Waals surface area contributed by atoms with E-state index >= 15 is 0 Å². The minimum absolute atomic E-state index is 0.0261. The molecule has 1 rings (SSSR count). The number of ketones is 1. The Balaban J connectivity index is 2.60. The number of Topliss-reactive ketones (excluding diaryl/α,β-unsaturated/α-hetero) is 1. The van der Waals surface area contributed by atoms with Crippen LogP contribution in [0.15, 0.2) is 29.3 Å². The number of aliphatic imine (C=N–C) groups is 1. The van der Waals surface area contributed by atoms with Crippen molar-refractivity contribution in [3.05, 3.63) is 35.4 Å². The Bertz CT molecular complexity index is 449. The monoisotopic (exact) mass is 247 g/mol. The number of aliphatic carboxylic acids is 1. The first-order valence-corrected chi connectivity index (χ1v) is 5.80. The second-order valence-electron chi connectivity index (χ2n) is 4.36. The van der Waals surface area contributed by atoms with Crippen molar-refractivity contribution >= 4 is 18.0 Å². The lowest BCUT2D eigenvalue weighted by Gasteiger charge is -2.06. The molecule has 4 heteroatoms. The first-order valence-electron chi connectivity index (χ1n) is 5.80. The van der Waals surface area contributed by atoms with E-state index in [0.29, 0.717) is 6.42 Å². The molecule has 1 atom stereocenters. The van der Waals surface area contributed by atoms with Crippen molar-refractivity contribution in [2.45, 2.75) is 20.3 Å². The van der Waals surface area contributed by atoms with Crippen molar-refractivity contribution in [3.8, 4) is 0 Å². The van der Waals surface area contributed by atoms with Crippen LogP contribution in [0.2, 0.25) is 0 Å². The van der Waals surface area contributed by atoms with Crippen molar-refractivity contribution in [3.63, 3.8) is 0 Å². The van der Waals surface area contributed by atoms with Gasteiger partial charge >= 0.3 is 5.97 Å². The number of carboxylic acids is 1. The normalized spacial score (nSPS) is 12.6. The fourth-order valence-corrected chi connectivity index (χ4v) is 1.46. The summed E-state index contributed by atoms with van der Waals surface area (Å²) in [6.45, 7) is 3.37. The van der Waals surface area contributed by atoms with Crippen LogP contribution in [-0.2, 0) is 16.0 Å². The van der Waals surface area contributed by atoms with E-state index in [0.717, 1.165) is 11.1 Å². The molecular weight excluding hydrogens is 230 g/mol. The van der Waals surface area contributed by atoms with Crippen molar-refractivity contribution < 1.29 is 14.7 Å². The molecule has 0 saturated heterocycles. The highest BCUT2D eigenvalue weighted by Gasteiger charge is 2.10. The number of hydrogen-bond acceptors (Lipinski definition) is 3. The first-order chi connectivity index (χ1) is 8.49. The van der Waals surface area contributed by atoms with Crippen LogP contribution in [0.25, 0.3) is 0 Å². The third kappa shape index (κ3) is 4.91. The van der Waals surface area contributed by atoms with Crippen molar-refractivity contribution in [1.29, 1.82) is 0 Å². The van der Waals surface area contributed by atoms with Gasteiger partial charge in [-0.2, -0.15) is 0 Å². The van der Waals surface area contributed by atoms with Crippen LogP contribution in [0.4, 0.5) is 0 Å². The number of rotatable bonds is 6. The van der Waals surface area contributed by atoms with Crippen LogP contribution in [0.3, 0.4) is 0 Å². The minimum atomic E-state index is -0.790. The third-order valence-electron chi connectivity index (χ3n) is 2.50. The molecule has 1 N–H and O–H groups in total. The van der Waals surface area contributed by atoms with Crippen molar-refractivity contribution in [2.24, 2.45) is 10.9 Å². The molecule has 0 aliphatic heterocycles. The average Bonchev–Trinajstić information content (AvgIpc) is 2.30. The number of carboxylic acid groups (broad SMARTS) is 1. The molecule has 96 valence electrons. The highest BCUT2D eigenvalue weighted by molar-refractivity contribution is 5.84. The van der Waals surface area contributed by atoms with Gasteiger partial charge in [0.1, 0.15) is 0 Å². The summed E-state index contributed by atoms with van der Waals surface area (Å²) in [4.78, 5) is 25.4. The predicted molar refractivity (Wildman–Crippen MR) is 70.1 cm³/mol. The molecule has 0 aromatic heterocycles. The smallest absolute Gasteiger partial charge is 0.306 e. The molecule has 0 bridgehead atoms. The Morgan fingerprint density at radius 2 is 1.94 bits per heavy atom. The fraction of sp³-hybridized carbons (Fsp3) is 0.357. The van der Waals surface area contributed by atoms with Gasteiger partial charge in [0, 0.05) is 6.21 Å². The molecule has 4 nitrogen and oxygen atoms in total. The zero-order valence-electron chi connectivity index (χ0n) is 10.6. The van der Waals surface area contributed by atoms with Gasteiger partial charge in [-0.05, 0) is 24.5 Å². The summed E-state index contributed by atoms with van der Waals surface area (Å²) >= 11 is 0. The van der Waals surface area contributed by atoms with E-state index in [-0.39, 0.29) is 18.2 Å². The molecule has 1 unspecified atom stereocenters. The second kappa shape index (κ2) is 6.69. The minimum Gasteiger partial charge on any atom is -0.481 e. The topological polar surface area (TPSA) is 66.7 Å². The molecule has 1 aromatic rings. The van der Waals surface area contributed by atoms with Crippen LogP contribution in [0.1, 0.15) is 25.0 Å². The SMILES string of the molecule is CC(=O)CN=Cc1ccc(CC(C)C(=O)O)cc1. The Morgan fingerprint density at radius 1 is 1.33 bits per heavy atom. The maximum absolute atomic E-state index is 10.7. The summed E-state index contributed by atoms with van der Waals surface area (Å²) in [5.41, 5.74) is 1.89. The lowest BCUT2D eigenvalue weighted by Crippen LogP contribution is -2.12. The third-order valence-corrected chi connectivity index (χ3v) is 2.50. The summed E-state index contributed by atoms with van der Waals surface area (Å²) in [5, 5.41) is 8.81. The van der Waals surface area contributed by atoms with Gasteiger partial charge in [-0.3, -0.25) is 14.6 Å². The fourth-order valence-electron chi connectivity index (χ4n) is 1.46. The maximum Gasteiger partial charge on any atom is 0.306 e. The largest absolute Gasteiger partial charge is 0.481 e. The molecule has 0 fully saturated rings. The molecule has 0 aliphatic rings. The van der Waals surface area contributed by atoms with Gasteiger partial charge in [0.15, 0.2) is 5.78 Å². The average molecular weight is 247 g/mol. The van der Waals surface area contributed by atoms with Crippen molar-refractivity contribution in [1.82, 2.24) is 0 Å². The molecule has 0 spiro atoms. The Kier molecular flexibility index (Phi) is 5.24. The zero-order chi connectivity index (χ0) is 13.5. The number of nitrogens with zero attached hydrogens (tertiary/aromatic N) is 1. The van der Waals surface area contributed by atoms with E-state index < -0.39 is 5.97 Å². The molecule has 0 heterocycles. The summed E-state index contributed by atoms with van der Waals surface area (Å²) < 4.78 is 0. The van der Waals surface area contributed by atoms with Gasteiger partial charge in [-0.25, -0.2) is 0 Å². The second-order valence-corrected chi connectivity index (χ2v) is 4.36. The predicted octanol–water partition coefficient (Wildman–Crippen LogP) is 1.96. The summed E-state index contributed by atoms with van der Waals surface area (Å²) in [7, 11) is 0. The highest BCUT2D eigenvalue weighted by atomic mass is 16.4. The van der Waals surface area contributed by atoms with Crippen LogP contribution in [0.5, 0.6) is 0 Å². The number of hydrogen-bond donors (Lipinski definition) is 1. The summed E-state index contributed by atoms with van der Waals surface area (Å²) in [5.74, 6) is -1.15. The summed E-state index contributed by atoms with van der Waals surface area (Å²) in [6.07, 6.45) is 2.16. The Hall–Kier alpha value is -1.97. The molecular formula is C14H17NO3. The number of carbonyl (C=O) groups excluding carboxylic acids is 1. The van der Waals surface area contributed by atoms with E-state index in [1.54, 1.807) is 13.1 Å². The van der Waals surface area contributed by atoms with E-state index in [4.69, 9.17) is 5.11 Å². The molecule has 0 amide bonds. The van der Waals surface area contributed by atoms with E-state index in [2.05, 4.69) is 4.99 Å². The zero-order valence-corrected chi connectivity index (χ0v) is 10.6. The molecule has 0 radical (unpaired) electrons. The molecule has 0 saturated carbocycles. The summed E-state index contributed by atoms with van der Waals surface area (Å²) in [6, 6.07) is 7.50. The first kappa shape index (κ1) is 14.1. The Labute approximate surface area is 106 Å². The van der Waals surface area contributed by atoms with E-state index in [9.17, 15) is 9.59 Å². The van der Waals surface area contributed by atoms with E-state index in [1.807, 2.05) is 24.3 Å². The van der Waals surface area contributed by atoms with Gasteiger partial charge in [0.25, 0.3) is 0 Å². The highest BCUT2D eigenvalue weighted by Crippen LogP contribution is 2.09. The molecule has 0 aliphatic carbocycles. The Morgan fingerprint density at radius 3 is 2.44 bits per heavy atom. The number of benzene rings is 1. The van der Waals surface area contributed by atoms with Gasteiger partial charge in [-0.15, -0.1) is 0 Å². The lowest BCUT2D eigenvalue weighted by molar-refractivity contribution is -0.141. The number of carbonyl (C=O) groups is 2. The standard InChI is InChI=1S/C14H17NO3/c1-10(14(17)18)7-12-3-5-13(6-4-12)9-15-8-11(2)16/h3-6,9-10H,7-8H2,1-2H3,(H,17,18). The van der Waals surface area contributed by atoms with E-state index in [1.165, 1.54) is 6.92 Å².